The third-order valence-corrected chi connectivity index (χ3v) is 6.36. The van der Waals surface area contributed by atoms with Crippen molar-refractivity contribution in [2.24, 2.45) is 0 Å². The molecular weight excluding hydrogens is 418 g/mol. The van der Waals surface area contributed by atoms with Gasteiger partial charge < -0.3 is 4.74 Å². The van der Waals surface area contributed by atoms with E-state index in [0.29, 0.717) is 35.7 Å². The van der Waals surface area contributed by atoms with Crippen LogP contribution in [-0.4, -0.2) is 43.9 Å². The van der Waals surface area contributed by atoms with E-state index in [1.807, 2.05) is 18.2 Å². The van der Waals surface area contributed by atoms with Crippen molar-refractivity contribution in [3.63, 3.8) is 0 Å². The molecule has 0 unspecified atom stereocenters. The Morgan fingerprint density at radius 3 is 2.68 bits per heavy atom. The second kappa shape index (κ2) is 7.99. The van der Waals surface area contributed by atoms with Crippen LogP contribution in [0.15, 0.2) is 59.4 Å². The molecule has 0 fully saturated rings. The summed E-state index contributed by atoms with van der Waals surface area (Å²) >= 11 is 0. The molecule has 0 aliphatic carbocycles. The van der Waals surface area contributed by atoms with Crippen LogP contribution >= 0.6 is 0 Å². The van der Waals surface area contributed by atoms with E-state index in [1.54, 1.807) is 37.4 Å². The standard InChI is InChI=1S/C22H21N3O5S/c1-30-18-5-3-4-15(13-18)19-7-9-22(27)24(23-19)14-21(26)17-6-8-20-16(12-17)10-11-25(20)31(2,28)29/h3-9,12-13H,10-11,14H2,1-2H3. The Hall–Kier alpha value is -3.46. The minimum atomic E-state index is -3.36. The maximum absolute atomic E-state index is 12.8. The van der Waals surface area contributed by atoms with E-state index < -0.39 is 10.0 Å². The number of methoxy groups -OCH3 is 1. The first-order valence-corrected chi connectivity index (χ1v) is 11.5. The van der Waals surface area contributed by atoms with Gasteiger partial charge in [-0.2, -0.15) is 5.10 Å². The monoisotopic (exact) mass is 439 g/mol. The van der Waals surface area contributed by atoms with Crippen LogP contribution in [0.5, 0.6) is 5.75 Å². The molecule has 1 aromatic heterocycles. The smallest absolute Gasteiger partial charge is 0.267 e. The lowest BCUT2D eigenvalue weighted by atomic mass is 10.1. The first-order valence-electron chi connectivity index (χ1n) is 9.63. The second-order valence-electron chi connectivity index (χ2n) is 7.30. The maximum Gasteiger partial charge on any atom is 0.267 e. The van der Waals surface area contributed by atoms with Gasteiger partial charge in [0.05, 0.1) is 24.7 Å². The van der Waals surface area contributed by atoms with Gasteiger partial charge >= 0.3 is 0 Å². The number of hydrogen-bond acceptors (Lipinski definition) is 6. The third-order valence-electron chi connectivity index (χ3n) is 5.18. The van der Waals surface area contributed by atoms with Gasteiger partial charge in [-0.05, 0) is 48.4 Å². The number of Topliss-reactive ketones (excluding diaryl/α,β-unsaturated/α-hetero) is 1. The van der Waals surface area contributed by atoms with E-state index in [4.69, 9.17) is 4.74 Å². The summed E-state index contributed by atoms with van der Waals surface area (Å²) in [4.78, 5) is 25.1. The average Bonchev–Trinajstić information content (AvgIpc) is 3.19. The van der Waals surface area contributed by atoms with E-state index >= 15 is 0 Å². The number of ketones is 1. The van der Waals surface area contributed by atoms with Gasteiger partial charge in [-0.15, -0.1) is 0 Å². The Balaban J connectivity index is 1.60. The highest BCUT2D eigenvalue weighted by atomic mass is 32.2. The van der Waals surface area contributed by atoms with Gasteiger partial charge in [0, 0.05) is 23.7 Å². The van der Waals surface area contributed by atoms with Crippen LogP contribution in [0, 0.1) is 0 Å². The fraction of sp³-hybridized carbons (Fsp3) is 0.227. The summed E-state index contributed by atoms with van der Waals surface area (Å²) < 4.78 is 31.5. The second-order valence-corrected chi connectivity index (χ2v) is 9.21. The molecule has 0 radical (unpaired) electrons. The molecule has 4 rings (SSSR count). The normalized spacial score (nSPS) is 13.2. The van der Waals surface area contributed by atoms with Gasteiger partial charge in [0.1, 0.15) is 12.3 Å². The van der Waals surface area contributed by atoms with E-state index in [1.165, 1.54) is 10.4 Å². The van der Waals surface area contributed by atoms with Crippen LogP contribution in [0.4, 0.5) is 5.69 Å². The topological polar surface area (TPSA) is 98.6 Å². The van der Waals surface area contributed by atoms with Gasteiger partial charge in [0.15, 0.2) is 5.78 Å². The molecule has 1 aliphatic heterocycles. The third kappa shape index (κ3) is 4.22. The number of anilines is 1. The predicted octanol–water partition coefficient (Wildman–Crippen LogP) is 2.12. The van der Waals surface area contributed by atoms with Crippen molar-refractivity contribution >= 4 is 21.5 Å². The number of rotatable bonds is 6. The highest BCUT2D eigenvalue weighted by Gasteiger charge is 2.26. The van der Waals surface area contributed by atoms with Crippen molar-refractivity contribution < 1.29 is 17.9 Å². The fourth-order valence-electron chi connectivity index (χ4n) is 3.62. The summed E-state index contributed by atoms with van der Waals surface area (Å²) in [7, 11) is -1.79. The number of carbonyl (C=O) groups is 1. The summed E-state index contributed by atoms with van der Waals surface area (Å²) in [6.45, 7) is 0.140. The Kier molecular flexibility index (Phi) is 5.36. The van der Waals surface area contributed by atoms with Gasteiger partial charge in [0.25, 0.3) is 5.56 Å². The van der Waals surface area contributed by atoms with Gasteiger partial charge in [-0.3, -0.25) is 13.9 Å². The van der Waals surface area contributed by atoms with Gasteiger partial charge in [0.2, 0.25) is 10.0 Å². The summed E-state index contributed by atoms with van der Waals surface area (Å²) in [5.74, 6) is 0.382. The lowest BCUT2D eigenvalue weighted by Gasteiger charge is -2.16. The molecule has 31 heavy (non-hydrogen) atoms. The average molecular weight is 439 g/mol. The summed E-state index contributed by atoms with van der Waals surface area (Å²) in [5, 5.41) is 4.34. The first-order chi connectivity index (χ1) is 14.8. The van der Waals surface area contributed by atoms with Crippen LogP contribution in [0.3, 0.4) is 0 Å². The molecular formula is C22H21N3O5S. The highest BCUT2D eigenvalue weighted by molar-refractivity contribution is 7.92. The molecule has 0 bridgehead atoms. The Bertz CT molecular complexity index is 1330. The van der Waals surface area contributed by atoms with Crippen molar-refractivity contribution in [2.75, 3.05) is 24.2 Å². The molecule has 2 aromatic carbocycles. The van der Waals surface area contributed by atoms with E-state index in [-0.39, 0.29) is 17.9 Å². The Morgan fingerprint density at radius 2 is 1.94 bits per heavy atom. The zero-order valence-corrected chi connectivity index (χ0v) is 17.9. The predicted molar refractivity (Wildman–Crippen MR) is 117 cm³/mol. The number of hydrogen-bond donors (Lipinski definition) is 0. The molecule has 3 aromatic rings. The van der Waals surface area contributed by atoms with E-state index in [2.05, 4.69) is 5.10 Å². The quantitative estimate of drug-likeness (QED) is 0.546. The largest absolute Gasteiger partial charge is 0.497 e. The molecule has 1 aliphatic rings. The molecule has 2 heterocycles. The van der Waals surface area contributed by atoms with Crippen molar-refractivity contribution in [3.8, 4) is 17.0 Å². The van der Waals surface area contributed by atoms with Crippen LogP contribution < -0.4 is 14.6 Å². The number of benzene rings is 2. The van der Waals surface area contributed by atoms with Gasteiger partial charge in [-0.1, -0.05) is 12.1 Å². The van der Waals surface area contributed by atoms with Crippen LogP contribution in [0.2, 0.25) is 0 Å². The molecule has 0 spiro atoms. The minimum absolute atomic E-state index is 0.217. The lowest BCUT2D eigenvalue weighted by molar-refractivity contribution is 0.0965. The number of sulfonamides is 1. The number of ether oxygens (including phenoxy) is 1. The van der Waals surface area contributed by atoms with Crippen LogP contribution in [-0.2, 0) is 23.0 Å². The summed E-state index contributed by atoms with van der Waals surface area (Å²) in [6.07, 6.45) is 1.70. The minimum Gasteiger partial charge on any atom is -0.497 e. The van der Waals surface area contributed by atoms with Crippen LogP contribution in [0.25, 0.3) is 11.3 Å². The Labute approximate surface area is 179 Å². The number of carbonyl (C=O) groups excluding carboxylic acids is 1. The van der Waals surface area contributed by atoms with Gasteiger partial charge in [-0.25, -0.2) is 13.1 Å². The van der Waals surface area contributed by atoms with E-state index in [9.17, 15) is 18.0 Å². The highest BCUT2D eigenvalue weighted by Crippen LogP contribution is 2.31. The molecule has 9 heteroatoms. The van der Waals surface area contributed by atoms with E-state index in [0.717, 1.165) is 22.1 Å². The SMILES string of the molecule is COc1cccc(-c2ccc(=O)n(CC(=O)c3ccc4c(c3)CCN4S(C)(=O)=O)n2)c1. The fourth-order valence-corrected chi connectivity index (χ4v) is 4.57. The zero-order chi connectivity index (χ0) is 22.2. The Morgan fingerprint density at radius 1 is 1.13 bits per heavy atom. The van der Waals surface area contributed by atoms with Crippen molar-refractivity contribution in [1.82, 2.24) is 9.78 Å². The number of aromatic nitrogens is 2. The zero-order valence-electron chi connectivity index (χ0n) is 17.1. The number of nitrogens with zero attached hydrogens (tertiary/aromatic N) is 3. The molecule has 0 atom stereocenters. The maximum atomic E-state index is 12.8. The number of fused-ring (bicyclic) bond motifs is 1. The molecule has 0 saturated heterocycles. The first kappa shape index (κ1) is 20.8. The molecule has 0 amide bonds. The van der Waals surface area contributed by atoms with Crippen molar-refractivity contribution in [3.05, 3.63) is 76.1 Å². The molecule has 160 valence electrons. The van der Waals surface area contributed by atoms with Crippen molar-refractivity contribution in [2.45, 2.75) is 13.0 Å². The molecule has 0 saturated carbocycles. The lowest BCUT2D eigenvalue weighted by Crippen LogP contribution is -2.27. The van der Waals surface area contributed by atoms with Crippen LogP contribution in [0.1, 0.15) is 15.9 Å². The molecule has 0 N–H and O–H groups in total. The summed E-state index contributed by atoms with van der Waals surface area (Å²) in [5.41, 5.74) is 2.72. The van der Waals surface area contributed by atoms with Crippen molar-refractivity contribution in [1.29, 1.82) is 0 Å². The molecule has 8 nitrogen and oxygen atoms in total. The summed E-state index contributed by atoms with van der Waals surface area (Å²) in [6, 6.07) is 15.2.